The number of carbonyl (C=O) groups is 1. The molecule has 0 aliphatic heterocycles. The van der Waals surface area contributed by atoms with Crippen LogP contribution in [-0.4, -0.2) is 23.2 Å². The fourth-order valence-electron chi connectivity index (χ4n) is 2.43. The lowest BCUT2D eigenvalue weighted by atomic mass is 10.2. The van der Waals surface area contributed by atoms with Crippen LogP contribution in [0, 0.1) is 0 Å². The van der Waals surface area contributed by atoms with E-state index in [4.69, 9.17) is 9.26 Å². The van der Waals surface area contributed by atoms with Gasteiger partial charge < -0.3 is 14.6 Å². The Balaban J connectivity index is 1.44. The zero-order valence-corrected chi connectivity index (χ0v) is 16.6. The number of nitrogens with one attached hydrogen (secondary N) is 1. The number of thiophene rings is 1. The van der Waals surface area contributed by atoms with Gasteiger partial charge in [-0.1, -0.05) is 27.2 Å². The van der Waals surface area contributed by atoms with E-state index >= 15 is 0 Å². The quantitative estimate of drug-likeness (QED) is 0.573. The molecule has 3 aromatic rings. The average molecular weight is 436 g/mol. The van der Waals surface area contributed by atoms with Crippen molar-refractivity contribution in [3.63, 3.8) is 0 Å². The summed E-state index contributed by atoms with van der Waals surface area (Å²) in [6, 6.07) is 9.60. The molecule has 0 spiro atoms. The van der Waals surface area contributed by atoms with E-state index in [1.165, 1.54) is 0 Å². The Labute approximate surface area is 163 Å². The monoisotopic (exact) mass is 435 g/mol. The summed E-state index contributed by atoms with van der Waals surface area (Å²) in [5.74, 6) is 1.88. The number of hydrogen-bond acceptors (Lipinski definition) is 6. The Morgan fingerprint density at radius 3 is 3.04 bits per heavy atom. The van der Waals surface area contributed by atoms with Crippen molar-refractivity contribution >= 4 is 33.2 Å². The number of halogens is 1. The van der Waals surface area contributed by atoms with Crippen LogP contribution >= 0.6 is 27.3 Å². The molecule has 0 fully saturated rings. The van der Waals surface area contributed by atoms with Gasteiger partial charge in [-0.15, -0.1) is 11.3 Å². The Morgan fingerprint density at radius 2 is 2.27 bits per heavy atom. The highest BCUT2D eigenvalue weighted by molar-refractivity contribution is 9.10. The van der Waals surface area contributed by atoms with Crippen LogP contribution < -0.4 is 10.1 Å². The molecule has 1 N–H and O–H groups in total. The molecule has 0 radical (unpaired) electrons. The topological polar surface area (TPSA) is 77.2 Å². The molecule has 6 nitrogen and oxygen atoms in total. The first kappa shape index (κ1) is 18.6. The summed E-state index contributed by atoms with van der Waals surface area (Å²) < 4.78 is 11.5. The van der Waals surface area contributed by atoms with E-state index in [-0.39, 0.29) is 5.91 Å². The fourth-order valence-corrected chi connectivity index (χ4v) is 3.49. The van der Waals surface area contributed by atoms with Gasteiger partial charge in [-0.2, -0.15) is 4.98 Å². The van der Waals surface area contributed by atoms with Gasteiger partial charge in [0.1, 0.15) is 5.75 Å². The number of rotatable bonds is 8. The zero-order chi connectivity index (χ0) is 18.4. The first-order valence-electron chi connectivity index (χ1n) is 8.11. The van der Waals surface area contributed by atoms with Crippen molar-refractivity contribution in [2.45, 2.75) is 25.8 Å². The normalized spacial score (nSPS) is 10.7. The second-order valence-electron chi connectivity index (χ2n) is 5.58. The highest BCUT2D eigenvalue weighted by Gasteiger charge is 2.11. The average Bonchev–Trinajstić information content (AvgIpc) is 3.31. The first-order chi connectivity index (χ1) is 12.7. The smallest absolute Gasteiger partial charge is 0.226 e. The number of carbonyl (C=O) groups excluding carboxylic acids is 1. The third-order valence-electron chi connectivity index (χ3n) is 3.72. The predicted octanol–water partition coefficient (Wildman–Crippen LogP) is 4.21. The van der Waals surface area contributed by atoms with E-state index in [9.17, 15) is 4.79 Å². The van der Waals surface area contributed by atoms with Crippen LogP contribution in [0.3, 0.4) is 0 Å². The molecule has 136 valence electrons. The summed E-state index contributed by atoms with van der Waals surface area (Å²) in [7, 11) is 1.61. The Hall–Kier alpha value is -2.19. The molecule has 0 atom stereocenters. The number of hydrogen-bond donors (Lipinski definition) is 1. The molecular formula is C18H18BrN3O3S. The predicted molar refractivity (Wildman–Crippen MR) is 103 cm³/mol. The molecule has 1 amide bonds. The van der Waals surface area contributed by atoms with Crippen LogP contribution in [0.1, 0.15) is 24.3 Å². The molecule has 2 aromatic heterocycles. The van der Waals surface area contributed by atoms with Crippen molar-refractivity contribution in [3.8, 4) is 16.5 Å². The molecule has 26 heavy (non-hydrogen) atoms. The van der Waals surface area contributed by atoms with Crippen molar-refractivity contribution in [1.29, 1.82) is 0 Å². The van der Waals surface area contributed by atoms with Gasteiger partial charge in [0.25, 0.3) is 0 Å². The van der Waals surface area contributed by atoms with Crippen LogP contribution in [-0.2, 0) is 17.8 Å². The minimum Gasteiger partial charge on any atom is -0.496 e. The molecule has 2 heterocycles. The highest BCUT2D eigenvalue weighted by Crippen LogP contribution is 2.23. The SMILES string of the molecule is COc1ccc(Br)cc1CNC(=O)CCCc1nc(-c2cccs2)no1. The highest BCUT2D eigenvalue weighted by atomic mass is 79.9. The number of benzene rings is 1. The fraction of sp³-hybridized carbons (Fsp3) is 0.278. The minimum atomic E-state index is -0.0231. The summed E-state index contributed by atoms with van der Waals surface area (Å²) in [5, 5.41) is 8.84. The molecule has 1 aromatic carbocycles. The van der Waals surface area contributed by atoms with Crippen LogP contribution in [0.5, 0.6) is 5.75 Å². The number of ether oxygens (including phenoxy) is 1. The van der Waals surface area contributed by atoms with Gasteiger partial charge in [-0.05, 0) is 36.1 Å². The Morgan fingerprint density at radius 1 is 1.38 bits per heavy atom. The van der Waals surface area contributed by atoms with Crippen LogP contribution in [0.15, 0.2) is 44.7 Å². The molecule has 0 aliphatic carbocycles. The summed E-state index contributed by atoms with van der Waals surface area (Å²) >= 11 is 4.99. The van der Waals surface area contributed by atoms with Gasteiger partial charge in [0.05, 0.1) is 12.0 Å². The summed E-state index contributed by atoms with van der Waals surface area (Å²) in [6.07, 6.45) is 1.62. The van der Waals surface area contributed by atoms with Crippen molar-refractivity contribution in [2.24, 2.45) is 0 Å². The van der Waals surface area contributed by atoms with E-state index in [2.05, 4.69) is 31.4 Å². The molecule has 0 aliphatic rings. The van der Waals surface area contributed by atoms with E-state index in [1.807, 2.05) is 35.7 Å². The van der Waals surface area contributed by atoms with E-state index in [1.54, 1.807) is 18.4 Å². The number of aryl methyl sites for hydroxylation is 1. The van der Waals surface area contributed by atoms with Gasteiger partial charge in [-0.25, -0.2) is 0 Å². The molecule has 0 unspecified atom stereocenters. The van der Waals surface area contributed by atoms with Crippen molar-refractivity contribution in [1.82, 2.24) is 15.5 Å². The van der Waals surface area contributed by atoms with Crippen LogP contribution in [0.4, 0.5) is 0 Å². The van der Waals surface area contributed by atoms with Gasteiger partial charge in [-0.3, -0.25) is 4.79 Å². The molecule has 8 heteroatoms. The van der Waals surface area contributed by atoms with Gasteiger partial charge in [0.2, 0.25) is 17.6 Å². The molecular weight excluding hydrogens is 418 g/mol. The maximum atomic E-state index is 12.1. The van der Waals surface area contributed by atoms with Crippen LogP contribution in [0.25, 0.3) is 10.7 Å². The largest absolute Gasteiger partial charge is 0.496 e. The second-order valence-corrected chi connectivity index (χ2v) is 7.44. The standard InChI is InChI=1S/C18H18BrN3O3S/c1-24-14-8-7-13(19)10-12(14)11-20-16(23)5-2-6-17-21-18(22-25-17)15-4-3-9-26-15/h3-4,7-10H,2,5-6,11H2,1H3,(H,20,23). The molecule has 0 bridgehead atoms. The van der Waals surface area contributed by atoms with E-state index in [0.29, 0.717) is 37.5 Å². The number of nitrogens with zero attached hydrogens (tertiary/aromatic N) is 2. The second kappa shape index (κ2) is 8.95. The van der Waals surface area contributed by atoms with Gasteiger partial charge in [0.15, 0.2) is 0 Å². The molecule has 3 rings (SSSR count). The third-order valence-corrected chi connectivity index (χ3v) is 5.08. The maximum absolute atomic E-state index is 12.1. The lowest BCUT2D eigenvalue weighted by Crippen LogP contribution is -2.22. The Bertz CT molecular complexity index is 864. The van der Waals surface area contributed by atoms with Crippen molar-refractivity contribution in [2.75, 3.05) is 7.11 Å². The molecule has 0 saturated carbocycles. The number of aromatic nitrogens is 2. The van der Waals surface area contributed by atoms with Crippen LogP contribution in [0.2, 0.25) is 0 Å². The first-order valence-corrected chi connectivity index (χ1v) is 9.78. The lowest BCUT2D eigenvalue weighted by Gasteiger charge is -2.10. The molecule has 0 saturated heterocycles. The van der Waals surface area contributed by atoms with E-state index in [0.717, 1.165) is 20.7 Å². The maximum Gasteiger partial charge on any atom is 0.226 e. The Kier molecular flexibility index (Phi) is 6.40. The summed E-state index contributed by atoms with van der Waals surface area (Å²) in [6.45, 7) is 0.421. The minimum absolute atomic E-state index is 0.0231. The number of methoxy groups -OCH3 is 1. The van der Waals surface area contributed by atoms with Crippen molar-refractivity contribution < 1.29 is 14.1 Å². The third kappa shape index (κ3) is 4.92. The van der Waals surface area contributed by atoms with Gasteiger partial charge in [0, 0.05) is 29.4 Å². The van der Waals surface area contributed by atoms with E-state index < -0.39 is 0 Å². The summed E-state index contributed by atoms with van der Waals surface area (Å²) in [4.78, 5) is 17.4. The van der Waals surface area contributed by atoms with Crippen molar-refractivity contribution in [3.05, 3.63) is 51.6 Å². The van der Waals surface area contributed by atoms with Gasteiger partial charge >= 0.3 is 0 Å². The summed E-state index contributed by atoms with van der Waals surface area (Å²) in [5.41, 5.74) is 0.924. The zero-order valence-electron chi connectivity index (χ0n) is 14.2. The number of amides is 1. The lowest BCUT2D eigenvalue weighted by molar-refractivity contribution is -0.121.